The predicted octanol–water partition coefficient (Wildman–Crippen LogP) is 4.18. The van der Waals surface area contributed by atoms with Crippen LogP contribution >= 0.6 is 23.8 Å². The van der Waals surface area contributed by atoms with Crippen molar-refractivity contribution in [1.29, 1.82) is 0 Å². The summed E-state index contributed by atoms with van der Waals surface area (Å²) >= 11 is 11.2. The van der Waals surface area contributed by atoms with E-state index in [0.29, 0.717) is 5.02 Å². The van der Waals surface area contributed by atoms with Gasteiger partial charge in [0, 0.05) is 12.7 Å². The van der Waals surface area contributed by atoms with Gasteiger partial charge >= 0.3 is 0 Å². The van der Waals surface area contributed by atoms with Gasteiger partial charge in [-0.2, -0.15) is 0 Å². The van der Waals surface area contributed by atoms with Crippen molar-refractivity contribution in [2.75, 3.05) is 0 Å². The maximum absolute atomic E-state index is 5.90. The van der Waals surface area contributed by atoms with E-state index in [1.54, 1.807) is 6.20 Å². The molecule has 0 spiro atoms. The molecule has 0 bridgehead atoms. The first-order chi connectivity index (χ1) is 8.08. The Morgan fingerprint density at radius 3 is 3.00 bits per heavy atom. The summed E-state index contributed by atoms with van der Waals surface area (Å²) in [5, 5.41) is 0.628. The van der Waals surface area contributed by atoms with E-state index < -0.39 is 0 Å². The minimum Gasteiger partial charge on any atom is -0.329 e. The van der Waals surface area contributed by atoms with Gasteiger partial charge in [-0.05, 0) is 37.0 Å². The summed E-state index contributed by atoms with van der Waals surface area (Å²) in [4.78, 5) is 7.47. The first kappa shape index (κ1) is 12.6. The molecule has 0 aliphatic carbocycles. The van der Waals surface area contributed by atoms with Crippen LogP contribution < -0.4 is 0 Å². The van der Waals surface area contributed by atoms with Crippen LogP contribution in [0.2, 0.25) is 5.02 Å². The van der Waals surface area contributed by atoms with Gasteiger partial charge in [-0.3, -0.25) is 0 Å². The van der Waals surface area contributed by atoms with Gasteiger partial charge in [-0.15, -0.1) is 0 Å². The highest BCUT2D eigenvalue weighted by Gasteiger charge is 2.06. The van der Waals surface area contributed by atoms with Crippen molar-refractivity contribution in [3.63, 3.8) is 0 Å². The number of fused-ring (bicyclic) bond motifs is 1. The number of aromatic amines is 1. The maximum Gasteiger partial charge on any atom is 0.179 e. The van der Waals surface area contributed by atoms with Crippen LogP contribution in [0.3, 0.4) is 0 Å². The van der Waals surface area contributed by atoms with Crippen LogP contribution in [0.5, 0.6) is 0 Å². The lowest BCUT2D eigenvalue weighted by Gasteiger charge is -2.06. The Labute approximate surface area is 111 Å². The summed E-state index contributed by atoms with van der Waals surface area (Å²) in [5.41, 5.74) is 1.80. The first-order valence-electron chi connectivity index (χ1n) is 5.82. The molecule has 17 heavy (non-hydrogen) atoms. The fourth-order valence-electron chi connectivity index (χ4n) is 1.88. The highest BCUT2D eigenvalue weighted by molar-refractivity contribution is 7.71. The Hall–Kier alpha value is -0.870. The molecule has 0 aromatic carbocycles. The minimum atomic E-state index is 0.628. The number of imidazole rings is 1. The molecule has 92 valence electrons. The molecule has 0 saturated heterocycles. The van der Waals surface area contributed by atoms with E-state index in [0.717, 1.165) is 34.8 Å². The van der Waals surface area contributed by atoms with E-state index in [1.165, 1.54) is 6.42 Å². The van der Waals surface area contributed by atoms with Gasteiger partial charge in [0.2, 0.25) is 0 Å². The zero-order valence-electron chi connectivity index (χ0n) is 10.0. The van der Waals surface area contributed by atoms with Gasteiger partial charge < -0.3 is 9.55 Å². The first-order valence-corrected chi connectivity index (χ1v) is 6.60. The molecule has 0 unspecified atom stereocenters. The summed E-state index contributed by atoms with van der Waals surface area (Å²) in [6.07, 6.45) is 3.97. The molecule has 0 aliphatic rings. The second-order valence-corrected chi connectivity index (χ2v) is 5.47. The van der Waals surface area contributed by atoms with Crippen LogP contribution in [0.4, 0.5) is 0 Å². The summed E-state index contributed by atoms with van der Waals surface area (Å²) in [6.45, 7) is 5.37. The van der Waals surface area contributed by atoms with Gasteiger partial charge in [-0.1, -0.05) is 25.4 Å². The molecule has 2 aromatic heterocycles. The summed E-state index contributed by atoms with van der Waals surface area (Å²) < 4.78 is 2.77. The Morgan fingerprint density at radius 1 is 1.53 bits per heavy atom. The van der Waals surface area contributed by atoms with Crippen LogP contribution in [0.1, 0.15) is 26.7 Å². The van der Waals surface area contributed by atoms with Crippen molar-refractivity contribution >= 4 is 35.0 Å². The molecular formula is C12H16ClN3S. The second kappa shape index (κ2) is 5.19. The maximum atomic E-state index is 5.90. The molecule has 0 amide bonds. The molecule has 0 saturated carbocycles. The molecule has 0 aliphatic heterocycles. The number of hydrogen-bond acceptors (Lipinski definition) is 2. The van der Waals surface area contributed by atoms with Crippen LogP contribution in [-0.2, 0) is 6.54 Å². The van der Waals surface area contributed by atoms with E-state index in [-0.39, 0.29) is 0 Å². The third-order valence-electron chi connectivity index (χ3n) is 2.74. The van der Waals surface area contributed by atoms with Gasteiger partial charge in [0.25, 0.3) is 0 Å². The van der Waals surface area contributed by atoms with Crippen molar-refractivity contribution in [2.24, 2.45) is 5.92 Å². The Kier molecular flexibility index (Phi) is 3.84. The van der Waals surface area contributed by atoms with Crippen LogP contribution in [0.15, 0.2) is 12.3 Å². The van der Waals surface area contributed by atoms with Crippen LogP contribution in [0.25, 0.3) is 11.2 Å². The fourth-order valence-corrected chi connectivity index (χ4v) is 2.33. The molecule has 3 nitrogen and oxygen atoms in total. The number of aromatic nitrogens is 3. The quantitative estimate of drug-likeness (QED) is 0.845. The van der Waals surface area contributed by atoms with Crippen LogP contribution in [0, 0.1) is 10.7 Å². The summed E-state index contributed by atoms with van der Waals surface area (Å²) in [7, 11) is 0. The van der Waals surface area contributed by atoms with E-state index in [4.69, 9.17) is 23.8 Å². The predicted molar refractivity (Wildman–Crippen MR) is 74.0 cm³/mol. The number of rotatable bonds is 4. The third-order valence-corrected chi connectivity index (χ3v) is 3.27. The lowest BCUT2D eigenvalue weighted by Crippen LogP contribution is -2.00. The number of nitrogens with one attached hydrogen (secondary N) is 1. The van der Waals surface area contributed by atoms with Gasteiger partial charge in [0.1, 0.15) is 0 Å². The van der Waals surface area contributed by atoms with Crippen molar-refractivity contribution in [3.05, 3.63) is 22.1 Å². The van der Waals surface area contributed by atoms with Gasteiger partial charge in [-0.25, -0.2) is 4.98 Å². The van der Waals surface area contributed by atoms with E-state index >= 15 is 0 Å². The fraction of sp³-hybridized carbons (Fsp3) is 0.500. The van der Waals surface area contributed by atoms with Crippen molar-refractivity contribution < 1.29 is 0 Å². The smallest absolute Gasteiger partial charge is 0.179 e. The number of pyridine rings is 1. The SMILES string of the molecule is CC(C)CCCn1c(=S)[nH]c2cc(Cl)cnc21. The topological polar surface area (TPSA) is 33.6 Å². The molecular weight excluding hydrogens is 254 g/mol. The molecule has 2 rings (SSSR count). The lowest BCUT2D eigenvalue weighted by molar-refractivity contribution is 0.513. The number of hydrogen-bond donors (Lipinski definition) is 1. The standard InChI is InChI=1S/C12H16ClN3S/c1-8(2)4-3-5-16-11-10(15-12(16)17)6-9(13)7-14-11/h6-8H,3-5H2,1-2H3,(H,15,17). The molecule has 0 radical (unpaired) electrons. The number of halogens is 1. The lowest BCUT2D eigenvalue weighted by atomic mass is 10.1. The number of nitrogens with zero attached hydrogens (tertiary/aromatic N) is 2. The van der Waals surface area contributed by atoms with Crippen molar-refractivity contribution in [2.45, 2.75) is 33.2 Å². The average Bonchev–Trinajstić information content (AvgIpc) is 2.54. The molecule has 2 heterocycles. The van der Waals surface area contributed by atoms with Gasteiger partial charge in [0.05, 0.1) is 10.5 Å². The highest BCUT2D eigenvalue weighted by atomic mass is 35.5. The second-order valence-electron chi connectivity index (χ2n) is 4.64. The Balaban J connectivity index is 2.27. The molecule has 2 aromatic rings. The largest absolute Gasteiger partial charge is 0.329 e. The zero-order chi connectivity index (χ0) is 12.4. The number of aryl methyl sites for hydroxylation is 1. The molecule has 0 atom stereocenters. The minimum absolute atomic E-state index is 0.628. The molecule has 0 fully saturated rings. The van der Waals surface area contributed by atoms with Crippen molar-refractivity contribution in [1.82, 2.24) is 14.5 Å². The van der Waals surface area contributed by atoms with E-state index in [1.807, 2.05) is 10.6 Å². The Bertz CT molecular complexity index is 571. The monoisotopic (exact) mass is 269 g/mol. The summed E-state index contributed by atoms with van der Waals surface area (Å²) in [5.74, 6) is 0.719. The number of H-pyrrole nitrogens is 1. The van der Waals surface area contributed by atoms with E-state index in [2.05, 4.69) is 23.8 Å². The zero-order valence-corrected chi connectivity index (χ0v) is 11.6. The average molecular weight is 270 g/mol. The summed E-state index contributed by atoms with van der Waals surface area (Å²) in [6, 6.07) is 1.86. The molecule has 5 heteroatoms. The normalized spacial score (nSPS) is 11.5. The highest BCUT2D eigenvalue weighted by Crippen LogP contribution is 2.17. The molecule has 1 N–H and O–H groups in total. The van der Waals surface area contributed by atoms with E-state index in [9.17, 15) is 0 Å². The third kappa shape index (κ3) is 2.87. The van der Waals surface area contributed by atoms with Crippen LogP contribution in [-0.4, -0.2) is 14.5 Å². The Morgan fingerprint density at radius 2 is 2.29 bits per heavy atom. The van der Waals surface area contributed by atoms with Crippen molar-refractivity contribution in [3.8, 4) is 0 Å². The van der Waals surface area contributed by atoms with Gasteiger partial charge in [0.15, 0.2) is 10.4 Å².